The molecule has 1 atom stereocenters. The number of phenols is 2. The van der Waals surface area contributed by atoms with Gasteiger partial charge in [-0.15, -0.1) is 0 Å². The molecule has 0 amide bonds. The SMILES string of the molecule is O=C(C1=C(c2ccc(O)cc2)S234(OP5(=O)Oc6c(O)cc2c1c6O5)OP(=O)(O3)O4)c1ccc(OCCN2CCCCC2)cc1. The van der Waals surface area contributed by atoms with Gasteiger partial charge in [0, 0.05) is 18.2 Å². The predicted molar refractivity (Wildman–Crippen MR) is 156 cm³/mol. The third-order valence-electron chi connectivity index (χ3n) is 8.59. The lowest BCUT2D eigenvalue weighted by Gasteiger charge is -2.86. The number of nitrogens with zero attached hydrogens (tertiary/aromatic N) is 1. The molecule has 7 heterocycles. The molecule has 0 radical (unpaired) electrons. The summed E-state index contributed by atoms with van der Waals surface area (Å²) in [5.74, 6) is -1.08. The number of carbonyl (C=O) groups is 1. The van der Waals surface area contributed by atoms with Gasteiger partial charge in [0.2, 0.25) is 5.75 Å². The van der Waals surface area contributed by atoms with E-state index in [4.69, 9.17) is 29.7 Å². The molecule has 10 rings (SSSR count). The first-order valence-electron chi connectivity index (χ1n) is 14.0. The molecule has 0 saturated carbocycles. The monoisotopic (exact) mass is 661 g/mol. The fourth-order valence-corrected chi connectivity index (χ4v) is 20.5. The number of fused-ring (bicyclic) bond motifs is 1. The summed E-state index contributed by atoms with van der Waals surface area (Å²) in [7, 11) is -14.7. The summed E-state index contributed by atoms with van der Waals surface area (Å²) in [6.45, 7) is 3.43. The molecular formula is C28H25NO12P2S. The number of hydrogen-bond donors (Lipinski definition) is 2. The van der Waals surface area contributed by atoms with E-state index < -0.39 is 36.6 Å². The third-order valence-corrected chi connectivity index (χ3v) is 20.2. The summed E-state index contributed by atoms with van der Waals surface area (Å²) >= 11 is 0. The highest BCUT2D eigenvalue weighted by Gasteiger charge is 3.02. The number of carbonyl (C=O) groups excluding carboxylic acids is 1. The van der Waals surface area contributed by atoms with Gasteiger partial charge in [0.25, 0.3) is 0 Å². The summed E-state index contributed by atoms with van der Waals surface area (Å²) in [4.78, 5) is 16.6. The zero-order valence-corrected chi connectivity index (χ0v) is 25.5. The molecule has 0 aromatic heterocycles. The molecule has 44 heavy (non-hydrogen) atoms. The zero-order valence-electron chi connectivity index (χ0n) is 22.9. The van der Waals surface area contributed by atoms with Gasteiger partial charge in [-0.25, -0.2) is 9.13 Å². The molecule has 2 N–H and O–H groups in total. The molecule has 1 unspecified atom stereocenters. The number of piperidine rings is 1. The quantitative estimate of drug-likeness (QED) is 0.203. The van der Waals surface area contributed by atoms with Crippen molar-refractivity contribution in [1.82, 2.24) is 4.90 Å². The molecule has 3 aromatic carbocycles. The molecule has 6 bridgehead atoms. The van der Waals surface area contributed by atoms with Gasteiger partial charge in [0.1, 0.15) is 27.5 Å². The van der Waals surface area contributed by atoms with Gasteiger partial charge in [-0.1, -0.05) is 6.42 Å². The lowest BCUT2D eigenvalue weighted by atomic mass is 9.93. The molecule has 7 aliphatic rings. The van der Waals surface area contributed by atoms with E-state index in [1.54, 1.807) is 24.3 Å². The minimum Gasteiger partial charge on any atom is -0.508 e. The third kappa shape index (κ3) is 3.12. The standard InChI is InChI=1S/C28H25NO12P2S/c30-19-8-4-18(5-9-19)28-24(25(32)17-6-10-20(11-7-17)35-15-14-29-12-2-1-3-13-29)23-22-16-21(31)26-27(23)37-42(33,36-26)38-44(22,28)39-43(34,40-44)41-44/h4-11,16,30-31H,1-3,12-15H2. The highest BCUT2D eigenvalue weighted by molar-refractivity contribution is 8.68. The number of rotatable bonds is 7. The highest BCUT2D eigenvalue weighted by atomic mass is 32.4. The highest BCUT2D eigenvalue weighted by Crippen LogP contribution is 3.31. The number of likely N-dealkylation sites (tertiary alicyclic amines) is 1. The van der Waals surface area contributed by atoms with Crippen molar-refractivity contribution in [1.29, 1.82) is 0 Å². The fourth-order valence-electron chi connectivity index (χ4n) is 6.80. The van der Waals surface area contributed by atoms with E-state index in [1.807, 2.05) is 0 Å². The first kappa shape index (κ1) is 27.0. The topological polar surface area (TPSA) is 160 Å². The smallest absolute Gasteiger partial charge is 0.508 e. The van der Waals surface area contributed by atoms with Gasteiger partial charge in [0.05, 0.1) is 20.9 Å². The van der Waals surface area contributed by atoms with Crippen molar-refractivity contribution < 1.29 is 53.8 Å². The first-order chi connectivity index (χ1) is 21.0. The van der Waals surface area contributed by atoms with Crippen LogP contribution in [0.1, 0.15) is 40.7 Å². The van der Waals surface area contributed by atoms with Gasteiger partial charge in [-0.3, -0.25) is 9.69 Å². The van der Waals surface area contributed by atoms with Gasteiger partial charge in [0.15, 0.2) is 17.3 Å². The Labute approximate surface area is 250 Å². The average molecular weight is 662 g/mol. The second-order valence-electron chi connectivity index (χ2n) is 11.3. The van der Waals surface area contributed by atoms with Crippen LogP contribution in [0.25, 0.3) is 10.5 Å². The maximum absolute atomic E-state index is 14.5. The van der Waals surface area contributed by atoms with Crippen molar-refractivity contribution in [2.75, 3.05) is 26.2 Å². The van der Waals surface area contributed by atoms with Gasteiger partial charge >= 0.3 is 15.6 Å². The Morgan fingerprint density at radius 2 is 1.52 bits per heavy atom. The number of phosphoric acid groups is 2. The number of ether oxygens (including phenoxy) is 1. The van der Waals surface area contributed by atoms with Crippen molar-refractivity contribution in [3.63, 3.8) is 0 Å². The van der Waals surface area contributed by atoms with Crippen LogP contribution >= 0.6 is 25.1 Å². The number of allylic oxidation sites excluding steroid dienone is 1. The minimum atomic E-state index is -5.93. The molecule has 0 aliphatic carbocycles. The van der Waals surface area contributed by atoms with Gasteiger partial charge in [-0.2, -0.15) is 15.9 Å². The lowest BCUT2D eigenvalue weighted by molar-refractivity contribution is 0.0546. The Hall–Kier alpha value is -3.32. The normalized spacial score (nSPS) is 30.5. The van der Waals surface area contributed by atoms with E-state index in [9.17, 15) is 24.1 Å². The molecule has 1 spiro atoms. The summed E-state index contributed by atoms with van der Waals surface area (Å²) in [5.41, 5.74) is 0.376. The number of phenolic OH excluding ortho intramolecular Hbond substituents is 2. The van der Waals surface area contributed by atoms with Crippen molar-refractivity contribution >= 4 is 41.3 Å². The van der Waals surface area contributed by atoms with E-state index in [2.05, 4.69) is 4.90 Å². The zero-order chi connectivity index (χ0) is 30.2. The first-order valence-corrected chi connectivity index (χ1v) is 19.1. The van der Waals surface area contributed by atoms with E-state index in [0.717, 1.165) is 25.7 Å². The molecule has 4 saturated heterocycles. The number of Topliss-reactive ketones (excluding diaryl/α,β-unsaturated/α-hetero) is 1. The molecule has 230 valence electrons. The number of benzene rings is 3. The largest absolute Gasteiger partial charge is 0.602 e. The fraction of sp³-hybridized carbons (Fsp3) is 0.250. The molecule has 3 aromatic rings. The number of hydrogen-bond acceptors (Lipinski definition) is 13. The van der Waals surface area contributed by atoms with Crippen LogP contribution in [0.4, 0.5) is 0 Å². The molecular weight excluding hydrogens is 636 g/mol. The second-order valence-corrected chi connectivity index (χ2v) is 19.1. The summed E-state index contributed by atoms with van der Waals surface area (Å²) < 4.78 is 67.7. The summed E-state index contributed by atoms with van der Waals surface area (Å²) in [6, 6.07) is 13.3. The summed E-state index contributed by atoms with van der Waals surface area (Å²) in [6.07, 6.45) is 3.63. The predicted octanol–water partition coefficient (Wildman–Crippen LogP) is 6.72. The van der Waals surface area contributed by atoms with Crippen molar-refractivity contribution in [3.05, 3.63) is 71.3 Å². The maximum atomic E-state index is 14.5. The minimum absolute atomic E-state index is 0.00979. The van der Waals surface area contributed by atoms with Crippen molar-refractivity contribution in [2.24, 2.45) is 0 Å². The Bertz CT molecular complexity index is 1960. The Morgan fingerprint density at radius 3 is 2.20 bits per heavy atom. The van der Waals surface area contributed by atoms with Crippen molar-refractivity contribution in [2.45, 2.75) is 24.2 Å². The second kappa shape index (κ2) is 8.09. The summed E-state index contributed by atoms with van der Waals surface area (Å²) in [5, 5.41) is 20.9. The van der Waals surface area contributed by atoms with Crippen LogP contribution in [0.3, 0.4) is 0 Å². The van der Waals surface area contributed by atoms with Crippen LogP contribution in [0.2, 0.25) is 0 Å². The Balaban J connectivity index is 1.19. The van der Waals surface area contributed by atoms with E-state index >= 15 is 0 Å². The molecule has 7 aliphatic heterocycles. The Kier molecular flexibility index (Phi) is 4.97. The van der Waals surface area contributed by atoms with Crippen LogP contribution in [0.15, 0.2) is 59.5 Å². The van der Waals surface area contributed by atoms with Crippen LogP contribution in [-0.2, 0) is 25.0 Å². The molecule has 16 heteroatoms. The maximum Gasteiger partial charge on any atom is 0.602 e. The number of phosphoric ester groups is 1. The number of ketones is 1. The van der Waals surface area contributed by atoms with E-state index in [-0.39, 0.29) is 49.3 Å². The molecule has 13 nitrogen and oxygen atoms in total. The van der Waals surface area contributed by atoms with Gasteiger partial charge in [-0.05, 0) is 80.0 Å². The van der Waals surface area contributed by atoms with Crippen LogP contribution in [-0.4, -0.2) is 47.1 Å². The Morgan fingerprint density at radius 1 is 0.864 bits per heavy atom. The molecule has 4 fully saturated rings. The lowest BCUT2D eigenvalue weighted by Crippen LogP contribution is -2.59. The van der Waals surface area contributed by atoms with Crippen LogP contribution in [0, 0.1) is 0 Å². The average Bonchev–Trinajstić information content (AvgIpc) is 3.42. The van der Waals surface area contributed by atoms with Crippen molar-refractivity contribution in [3.8, 4) is 28.7 Å². The number of aromatic hydroxyl groups is 2. The van der Waals surface area contributed by atoms with E-state index in [1.165, 1.54) is 43.5 Å². The van der Waals surface area contributed by atoms with Gasteiger partial charge < -0.3 is 24.0 Å². The van der Waals surface area contributed by atoms with E-state index in [0.29, 0.717) is 12.4 Å². The van der Waals surface area contributed by atoms with Crippen LogP contribution in [0.5, 0.6) is 28.7 Å². The van der Waals surface area contributed by atoms with Crippen LogP contribution < -0.4 is 13.8 Å².